The third-order valence-corrected chi connectivity index (χ3v) is 6.20. The quantitative estimate of drug-likeness (QED) is 0.693. The van der Waals surface area contributed by atoms with E-state index in [-0.39, 0.29) is 11.2 Å². The molecule has 0 saturated heterocycles. The van der Waals surface area contributed by atoms with Gasteiger partial charge in [-0.2, -0.15) is 0 Å². The number of hydrogen-bond donors (Lipinski definition) is 1. The van der Waals surface area contributed by atoms with Crippen molar-refractivity contribution in [1.82, 2.24) is 9.55 Å². The standard InChI is InChI=1S/C18H18N2O2S2/c1-3-18(2)9-12-13(10-22-18)24-15-14(12)16(21)20(17(23)19-15)11-7-5-4-6-8-11/h4-8H,3,9-10H2,1-2H3,(H,19,23)/t18-/m0/s1. The number of aromatic amines is 1. The number of rotatable bonds is 2. The Kier molecular flexibility index (Phi) is 3.71. The number of nitrogens with zero attached hydrogens (tertiary/aromatic N) is 1. The molecule has 0 fully saturated rings. The Morgan fingerprint density at radius 2 is 2.12 bits per heavy atom. The van der Waals surface area contributed by atoms with Crippen LogP contribution in [0.4, 0.5) is 0 Å². The summed E-state index contributed by atoms with van der Waals surface area (Å²) >= 11 is 7.02. The highest BCUT2D eigenvalue weighted by atomic mass is 32.1. The van der Waals surface area contributed by atoms with Gasteiger partial charge in [-0.3, -0.25) is 9.36 Å². The molecular formula is C18H18N2O2S2. The van der Waals surface area contributed by atoms with Crippen molar-refractivity contribution in [3.8, 4) is 5.69 Å². The summed E-state index contributed by atoms with van der Waals surface area (Å²) in [6.45, 7) is 4.79. The summed E-state index contributed by atoms with van der Waals surface area (Å²) in [5.74, 6) is 0. The monoisotopic (exact) mass is 358 g/mol. The minimum absolute atomic E-state index is 0.0437. The summed E-state index contributed by atoms with van der Waals surface area (Å²) in [6, 6.07) is 9.54. The zero-order valence-corrected chi connectivity index (χ0v) is 15.2. The van der Waals surface area contributed by atoms with Crippen LogP contribution in [0.3, 0.4) is 0 Å². The third kappa shape index (κ3) is 2.37. The molecule has 6 heteroatoms. The summed E-state index contributed by atoms with van der Waals surface area (Å²) in [7, 11) is 0. The third-order valence-electron chi connectivity index (χ3n) is 4.80. The average molecular weight is 358 g/mol. The summed E-state index contributed by atoms with van der Waals surface area (Å²) in [6.07, 6.45) is 1.67. The molecule has 3 heterocycles. The summed E-state index contributed by atoms with van der Waals surface area (Å²) in [5, 5.41) is 0.760. The number of hydrogen-bond acceptors (Lipinski definition) is 4. The molecule has 4 rings (SSSR count). The second-order valence-electron chi connectivity index (χ2n) is 6.38. The van der Waals surface area contributed by atoms with E-state index in [1.54, 1.807) is 15.9 Å². The Morgan fingerprint density at radius 1 is 1.38 bits per heavy atom. The lowest BCUT2D eigenvalue weighted by Crippen LogP contribution is -2.34. The number of thiophene rings is 1. The van der Waals surface area contributed by atoms with Gasteiger partial charge in [0, 0.05) is 11.3 Å². The smallest absolute Gasteiger partial charge is 0.267 e. The minimum Gasteiger partial charge on any atom is -0.369 e. The van der Waals surface area contributed by atoms with Crippen LogP contribution in [0.5, 0.6) is 0 Å². The topological polar surface area (TPSA) is 47.0 Å². The van der Waals surface area contributed by atoms with Crippen LogP contribution in [0.25, 0.3) is 15.9 Å². The van der Waals surface area contributed by atoms with Gasteiger partial charge in [0.25, 0.3) is 5.56 Å². The van der Waals surface area contributed by atoms with Crippen LogP contribution >= 0.6 is 23.6 Å². The molecule has 4 nitrogen and oxygen atoms in total. The second kappa shape index (κ2) is 5.65. The van der Waals surface area contributed by atoms with Gasteiger partial charge in [-0.15, -0.1) is 11.3 Å². The Labute approximate surface area is 148 Å². The second-order valence-corrected chi connectivity index (χ2v) is 7.87. The van der Waals surface area contributed by atoms with Gasteiger partial charge in [-0.05, 0) is 43.3 Å². The normalized spacial score (nSPS) is 20.2. The number of H-pyrrole nitrogens is 1. The van der Waals surface area contributed by atoms with Gasteiger partial charge in [0.15, 0.2) is 4.77 Å². The number of para-hydroxylation sites is 1. The van der Waals surface area contributed by atoms with Gasteiger partial charge in [0.05, 0.1) is 23.3 Å². The lowest BCUT2D eigenvalue weighted by Gasteiger charge is -2.32. The molecular weight excluding hydrogens is 340 g/mol. The summed E-state index contributed by atoms with van der Waals surface area (Å²) < 4.78 is 8.03. The van der Waals surface area contributed by atoms with Crippen LogP contribution in [-0.2, 0) is 17.8 Å². The van der Waals surface area contributed by atoms with Crippen molar-refractivity contribution in [2.24, 2.45) is 0 Å². The molecule has 0 bridgehead atoms. The molecule has 0 saturated carbocycles. The van der Waals surface area contributed by atoms with Crippen LogP contribution in [0.1, 0.15) is 30.7 Å². The average Bonchev–Trinajstić information content (AvgIpc) is 2.93. The maximum Gasteiger partial charge on any atom is 0.267 e. The first kappa shape index (κ1) is 15.7. The molecule has 3 aromatic rings. The summed E-state index contributed by atoms with van der Waals surface area (Å²) in [4.78, 5) is 18.4. The number of ether oxygens (including phenoxy) is 1. The van der Waals surface area contributed by atoms with Gasteiger partial charge >= 0.3 is 0 Å². The maximum atomic E-state index is 13.2. The van der Waals surface area contributed by atoms with Gasteiger partial charge in [0.1, 0.15) is 4.83 Å². The Bertz CT molecular complexity index is 1030. The first-order valence-corrected chi connectivity index (χ1v) is 9.24. The molecule has 0 spiro atoms. The van der Waals surface area contributed by atoms with Crippen LogP contribution < -0.4 is 5.56 Å². The number of benzene rings is 1. The lowest BCUT2D eigenvalue weighted by molar-refractivity contribution is -0.0543. The molecule has 1 aliphatic rings. The van der Waals surface area contributed by atoms with E-state index in [4.69, 9.17) is 17.0 Å². The van der Waals surface area contributed by atoms with Gasteiger partial charge in [-0.25, -0.2) is 0 Å². The van der Waals surface area contributed by atoms with E-state index in [1.165, 1.54) is 0 Å². The predicted octanol–water partition coefficient (Wildman–Crippen LogP) is 4.35. The van der Waals surface area contributed by atoms with E-state index in [1.807, 2.05) is 30.3 Å². The minimum atomic E-state index is -0.211. The molecule has 1 aromatic carbocycles. The highest BCUT2D eigenvalue weighted by Gasteiger charge is 2.33. The number of fused-ring (bicyclic) bond motifs is 3. The molecule has 0 radical (unpaired) electrons. The van der Waals surface area contributed by atoms with E-state index >= 15 is 0 Å². The van der Waals surface area contributed by atoms with Gasteiger partial charge < -0.3 is 9.72 Å². The van der Waals surface area contributed by atoms with Crippen LogP contribution in [0.15, 0.2) is 35.1 Å². The van der Waals surface area contributed by atoms with Gasteiger partial charge in [0.2, 0.25) is 0 Å². The van der Waals surface area contributed by atoms with Crippen molar-refractivity contribution < 1.29 is 4.74 Å². The SMILES string of the molecule is CC[C@@]1(C)Cc2c(sc3[nH]c(=S)n(-c4ccccc4)c(=O)c23)CO1. The van der Waals surface area contributed by atoms with Crippen molar-refractivity contribution in [2.45, 2.75) is 38.9 Å². The highest BCUT2D eigenvalue weighted by Crippen LogP contribution is 2.38. The summed E-state index contributed by atoms with van der Waals surface area (Å²) in [5.41, 5.74) is 1.65. The Morgan fingerprint density at radius 3 is 2.83 bits per heavy atom. The lowest BCUT2D eigenvalue weighted by atomic mass is 9.90. The predicted molar refractivity (Wildman–Crippen MR) is 99.8 cm³/mol. The molecule has 1 atom stereocenters. The first-order valence-electron chi connectivity index (χ1n) is 8.01. The first-order chi connectivity index (χ1) is 11.5. The molecule has 24 heavy (non-hydrogen) atoms. The fraction of sp³-hybridized carbons (Fsp3) is 0.333. The van der Waals surface area contributed by atoms with Crippen LogP contribution in [0, 0.1) is 4.77 Å². The molecule has 124 valence electrons. The molecule has 0 aliphatic carbocycles. The van der Waals surface area contributed by atoms with Crippen molar-refractivity contribution in [3.05, 3.63) is 55.9 Å². The van der Waals surface area contributed by atoms with E-state index in [9.17, 15) is 4.79 Å². The fourth-order valence-corrected chi connectivity index (χ4v) is 4.67. The van der Waals surface area contributed by atoms with Crippen molar-refractivity contribution in [3.63, 3.8) is 0 Å². The largest absolute Gasteiger partial charge is 0.369 e. The van der Waals surface area contributed by atoms with E-state index in [2.05, 4.69) is 18.8 Å². The van der Waals surface area contributed by atoms with Crippen molar-refractivity contribution in [1.29, 1.82) is 0 Å². The van der Waals surface area contributed by atoms with Crippen molar-refractivity contribution in [2.75, 3.05) is 0 Å². The molecule has 1 aliphatic heterocycles. The van der Waals surface area contributed by atoms with Gasteiger partial charge in [-0.1, -0.05) is 25.1 Å². The maximum absolute atomic E-state index is 13.2. The van der Waals surface area contributed by atoms with Crippen LogP contribution in [-0.4, -0.2) is 15.2 Å². The van der Waals surface area contributed by atoms with Crippen molar-refractivity contribution >= 4 is 33.8 Å². The van der Waals surface area contributed by atoms with Crippen LogP contribution in [0.2, 0.25) is 0 Å². The van der Waals surface area contributed by atoms with E-state index < -0.39 is 0 Å². The molecule has 0 unspecified atom stereocenters. The zero-order chi connectivity index (χ0) is 16.9. The Balaban J connectivity index is 2.01. The van der Waals surface area contributed by atoms with E-state index in [0.717, 1.165) is 39.2 Å². The fourth-order valence-electron chi connectivity index (χ4n) is 3.19. The molecule has 1 N–H and O–H groups in total. The zero-order valence-electron chi connectivity index (χ0n) is 13.6. The highest BCUT2D eigenvalue weighted by molar-refractivity contribution is 7.71. The van der Waals surface area contributed by atoms with E-state index in [0.29, 0.717) is 11.4 Å². The Hall–Kier alpha value is -1.76. The molecule has 2 aromatic heterocycles. The number of nitrogens with one attached hydrogen (secondary N) is 1. The molecule has 0 amide bonds. The number of aromatic nitrogens is 2.